The summed E-state index contributed by atoms with van der Waals surface area (Å²) in [6.07, 6.45) is 6.13. The van der Waals surface area contributed by atoms with Gasteiger partial charge in [0.05, 0.1) is 0 Å². The zero-order valence-electron chi connectivity index (χ0n) is 13.9. The second-order valence-corrected chi connectivity index (χ2v) is 6.86. The molecule has 1 aliphatic heterocycles. The third-order valence-electron chi connectivity index (χ3n) is 4.48. The van der Waals surface area contributed by atoms with Gasteiger partial charge in [-0.2, -0.15) is 0 Å². The van der Waals surface area contributed by atoms with E-state index in [4.69, 9.17) is 16.1 Å². The highest BCUT2D eigenvalue weighted by Crippen LogP contribution is 2.22. The molecule has 6 heteroatoms. The fourth-order valence-electron chi connectivity index (χ4n) is 3.20. The number of hydrogen-bond acceptors (Lipinski definition) is 4. The molecular formula is C18H22ClN3O2. The summed E-state index contributed by atoms with van der Waals surface area (Å²) < 4.78 is 5.05. The minimum atomic E-state index is 0.175. The van der Waals surface area contributed by atoms with Crippen molar-refractivity contribution in [3.8, 4) is 0 Å². The first-order chi connectivity index (χ1) is 11.6. The maximum absolute atomic E-state index is 12.4. The zero-order valence-corrected chi connectivity index (χ0v) is 14.6. The molecule has 24 heavy (non-hydrogen) atoms. The number of amides is 1. The zero-order chi connectivity index (χ0) is 16.9. The van der Waals surface area contributed by atoms with Crippen LogP contribution in [0.3, 0.4) is 0 Å². The number of carbonyl (C=O) groups is 1. The van der Waals surface area contributed by atoms with Gasteiger partial charge in [-0.05, 0) is 43.7 Å². The van der Waals surface area contributed by atoms with Crippen molar-refractivity contribution >= 4 is 17.5 Å². The maximum atomic E-state index is 12.4. The van der Waals surface area contributed by atoms with E-state index >= 15 is 0 Å². The molecule has 2 aromatic heterocycles. The molecule has 0 N–H and O–H groups in total. The number of aromatic nitrogens is 2. The van der Waals surface area contributed by atoms with E-state index in [-0.39, 0.29) is 5.91 Å². The van der Waals surface area contributed by atoms with Crippen molar-refractivity contribution in [2.75, 3.05) is 13.1 Å². The fraction of sp³-hybridized carbons (Fsp3) is 0.500. The van der Waals surface area contributed by atoms with Crippen LogP contribution >= 0.6 is 11.6 Å². The molecule has 3 rings (SSSR count). The predicted molar refractivity (Wildman–Crippen MR) is 91.8 cm³/mol. The van der Waals surface area contributed by atoms with Gasteiger partial charge in [-0.15, -0.1) is 0 Å². The Balaban J connectivity index is 1.50. The molecule has 0 aliphatic carbocycles. The van der Waals surface area contributed by atoms with Gasteiger partial charge in [-0.3, -0.25) is 9.78 Å². The average Bonchev–Trinajstić information content (AvgIpc) is 3.00. The molecule has 1 aliphatic rings. The van der Waals surface area contributed by atoms with Crippen molar-refractivity contribution in [1.82, 2.24) is 15.0 Å². The molecule has 1 amide bonds. The molecule has 0 unspecified atom stereocenters. The largest absolute Gasteiger partial charge is 0.360 e. The van der Waals surface area contributed by atoms with Gasteiger partial charge < -0.3 is 9.42 Å². The number of carbonyl (C=O) groups excluding carboxylic acids is 1. The topological polar surface area (TPSA) is 59.2 Å². The molecule has 5 nitrogen and oxygen atoms in total. The lowest BCUT2D eigenvalue weighted by Crippen LogP contribution is -2.40. The quantitative estimate of drug-likeness (QED) is 0.831. The lowest BCUT2D eigenvalue weighted by Gasteiger charge is -2.33. The van der Waals surface area contributed by atoms with Gasteiger partial charge in [0.2, 0.25) is 5.91 Å². The lowest BCUT2D eigenvalue weighted by atomic mass is 9.91. The third-order valence-corrected chi connectivity index (χ3v) is 4.66. The van der Waals surface area contributed by atoms with Crippen LogP contribution in [0.5, 0.6) is 0 Å². The van der Waals surface area contributed by atoms with Crippen molar-refractivity contribution in [2.24, 2.45) is 5.92 Å². The Morgan fingerprint density at radius 1 is 1.46 bits per heavy atom. The summed E-state index contributed by atoms with van der Waals surface area (Å²) in [5.41, 5.74) is 2.28. The molecule has 1 fully saturated rings. The van der Waals surface area contributed by atoms with Crippen LogP contribution in [0, 0.1) is 12.8 Å². The Kier molecular flexibility index (Phi) is 5.51. The van der Waals surface area contributed by atoms with Crippen molar-refractivity contribution in [3.63, 3.8) is 0 Å². The summed E-state index contributed by atoms with van der Waals surface area (Å²) in [4.78, 5) is 18.8. The average molecular weight is 348 g/mol. The summed E-state index contributed by atoms with van der Waals surface area (Å²) in [7, 11) is 0. The van der Waals surface area contributed by atoms with Crippen LogP contribution in [0.25, 0.3) is 0 Å². The second-order valence-electron chi connectivity index (χ2n) is 6.48. The highest BCUT2D eigenvalue weighted by molar-refractivity contribution is 6.29. The Hall–Kier alpha value is -1.88. The first-order valence-electron chi connectivity index (χ1n) is 8.40. The number of halogens is 1. The second kappa shape index (κ2) is 7.79. The van der Waals surface area contributed by atoms with E-state index in [1.54, 1.807) is 6.07 Å². The summed E-state index contributed by atoms with van der Waals surface area (Å²) >= 11 is 5.72. The minimum Gasteiger partial charge on any atom is -0.360 e. The lowest BCUT2D eigenvalue weighted by molar-refractivity contribution is -0.133. The van der Waals surface area contributed by atoms with E-state index in [0.717, 1.165) is 38.0 Å². The van der Waals surface area contributed by atoms with Gasteiger partial charge in [0.25, 0.3) is 0 Å². The molecule has 1 saturated heterocycles. The van der Waals surface area contributed by atoms with Crippen LogP contribution < -0.4 is 0 Å². The van der Waals surface area contributed by atoms with Gasteiger partial charge in [0, 0.05) is 43.9 Å². The number of likely N-dealkylation sites (tertiary alicyclic amines) is 1. The Morgan fingerprint density at radius 3 is 3.04 bits per heavy atom. The predicted octanol–water partition coefficient (Wildman–Crippen LogP) is 3.45. The summed E-state index contributed by atoms with van der Waals surface area (Å²) in [6.45, 7) is 3.66. The molecular weight excluding hydrogens is 326 g/mol. The first-order valence-corrected chi connectivity index (χ1v) is 8.78. The summed E-state index contributed by atoms with van der Waals surface area (Å²) in [5, 5.41) is 3.97. The molecule has 128 valence electrons. The normalized spacial score (nSPS) is 17.9. The first kappa shape index (κ1) is 17.0. The molecule has 2 aromatic rings. The number of nitrogens with zero attached hydrogens (tertiary/aromatic N) is 3. The van der Waals surface area contributed by atoms with Gasteiger partial charge >= 0.3 is 0 Å². The van der Waals surface area contributed by atoms with Crippen LogP contribution in [-0.2, 0) is 17.6 Å². The number of aryl methyl sites for hydroxylation is 2. The molecule has 0 spiro atoms. The molecule has 0 bridgehead atoms. The van der Waals surface area contributed by atoms with Crippen molar-refractivity contribution in [1.29, 1.82) is 0 Å². The van der Waals surface area contributed by atoms with E-state index in [1.807, 2.05) is 24.1 Å². The van der Waals surface area contributed by atoms with Crippen molar-refractivity contribution < 1.29 is 9.32 Å². The van der Waals surface area contributed by atoms with E-state index in [0.29, 0.717) is 29.7 Å². The standard InChI is InChI=1S/C18H22ClN3O2/c1-13-4-5-14(11-20-13)9-15-3-2-8-22(12-15)18(23)7-6-16-10-17(19)21-24-16/h4-5,10-11,15H,2-3,6-9,12H2,1H3/t15-/m0/s1. The Morgan fingerprint density at radius 2 is 2.33 bits per heavy atom. The van der Waals surface area contributed by atoms with Gasteiger partial charge in [-0.25, -0.2) is 0 Å². The SMILES string of the molecule is Cc1ccc(C[C@@H]2CCCN(C(=O)CCc3cc(Cl)no3)C2)cn1. The Labute approximate surface area is 147 Å². The van der Waals surface area contributed by atoms with Crippen LogP contribution in [0.2, 0.25) is 5.15 Å². The highest BCUT2D eigenvalue weighted by atomic mass is 35.5. The Bertz CT molecular complexity index is 684. The smallest absolute Gasteiger partial charge is 0.223 e. The highest BCUT2D eigenvalue weighted by Gasteiger charge is 2.24. The van der Waals surface area contributed by atoms with Crippen molar-refractivity contribution in [3.05, 3.63) is 46.6 Å². The number of hydrogen-bond donors (Lipinski definition) is 0. The molecule has 3 heterocycles. The number of rotatable bonds is 5. The van der Waals surface area contributed by atoms with E-state index < -0.39 is 0 Å². The van der Waals surface area contributed by atoms with E-state index in [1.165, 1.54) is 5.56 Å². The van der Waals surface area contributed by atoms with Crippen molar-refractivity contribution in [2.45, 2.75) is 39.0 Å². The minimum absolute atomic E-state index is 0.175. The van der Waals surface area contributed by atoms with Crippen LogP contribution in [0.1, 0.15) is 36.3 Å². The molecule has 1 atom stereocenters. The summed E-state index contributed by atoms with van der Waals surface area (Å²) in [6, 6.07) is 5.85. The summed E-state index contributed by atoms with van der Waals surface area (Å²) in [5.74, 6) is 1.34. The van der Waals surface area contributed by atoms with Gasteiger partial charge in [0.15, 0.2) is 5.15 Å². The number of pyridine rings is 1. The van der Waals surface area contributed by atoms with Crippen LogP contribution in [0.4, 0.5) is 0 Å². The van der Waals surface area contributed by atoms with Gasteiger partial charge in [-0.1, -0.05) is 22.8 Å². The monoisotopic (exact) mass is 347 g/mol. The molecule has 0 saturated carbocycles. The number of piperidine rings is 1. The molecule has 0 radical (unpaired) electrons. The van der Waals surface area contributed by atoms with Crippen LogP contribution in [-0.4, -0.2) is 34.0 Å². The fourth-order valence-corrected chi connectivity index (χ4v) is 3.36. The van der Waals surface area contributed by atoms with E-state index in [9.17, 15) is 4.79 Å². The van der Waals surface area contributed by atoms with Crippen LogP contribution in [0.15, 0.2) is 28.9 Å². The van der Waals surface area contributed by atoms with Gasteiger partial charge in [0.1, 0.15) is 5.76 Å². The molecule has 0 aromatic carbocycles. The van der Waals surface area contributed by atoms with E-state index in [2.05, 4.69) is 16.2 Å². The third kappa shape index (κ3) is 4.57. The maximum Gasteiger partial charge on any atom is 0.223 e.